The molecule has 0 spiro atoms. The average Bonchev–Trinajstić information content (AvgIpc) is 3.34. The van der Waals surface area contributed by atoms with Crippen LogP contribution >= 0.6 is 0 Å². The van der Waals surface area contributed by atoms with E-state index in [-0.39, 0.29) is 11.8 Å². The van der Waals surface area contributed by atoms with Crippen molar-refractivity contribution in [2.24, 2.45) is 11.7 Å². The molecule has 4 aromatic rings. The smallest absolute Gasteiger partial charge is 0.325 e. The van der Waals surface area contributed by atoms with Gasteiger partial charge in [0.1, 0.15) is 11.7 Å². The van der Waals surface area contributed by atoms with E-state index in [0.717, 1.165) is 17.5 Å². The van der Waals surface area contributed by atoms with Crippen LogP contribution in [-0.4, -0.2) is 44.5 Å². The van der Waals surface area contributed by atoms with Crippen LogP contribution in [0.2, 0.25) is 0 Å². The van der Waals surface area contributed by atoms with Gasteiger partial charge in [0.05, 0.1) is 11.9 Å². The van der Waals surface area contributed by atoms with E-state index in [1.807, 2.05) is 26.0 Å². The molecule has 9 nitrogen and oxygen atoms in total. The number of halogens is 1. The van der Waals surface area contributed by atoms with E-state index in [4.69, 9.17) is 10.5 Å². The average molecular weight is 531 g/mol. The normalized spacial score (nSPS) is 13.5. The van der Waals surface area contributed by atoms with Crippen molar-refractivity contribution in [2.45, 2.75) is 39.5 Å². The van der Waals surface area contributed by atoms with Crippen molar-refractivity contribution < 1.29 is 18.7 Å². The summed E-state index contributed by atoms with van der Waals surface area (Å²) >= 11 is 0. The third-order valence-corrected chi connectivity index (χ3v) is 6.86. The maximum Gasteiger partial charge on any atom is 0.325 e. The zero-order chi connectivity index (χ0) is 28.3. The van der Waals surface area contributed by atoms with Crippen molar-refractivity contribution in [1.29, 1.82) is 0 Å². The van der Waals surface area contributed by atoms with Crippen LogP contribution in [0.1, 0.15) is 33.4 Å². The number of fused-ring (bicyclic) bond motifs is 1. The molecule has 39 heavy (non-hydrogen) atoms. The van der Waals surface area contributed by atoms with Crippen LogP contribution < -0.4 is 10.6 Å². The molecule has 4 heterocycles. The molecule has 0 radical (unpaired) electrons. The Morgan fingerprint density at radius 3 is 2.59 bits per heavy atom. The zero-order valence-corrected chi connectivity index (χ0v) is 22.3. The molecule has 10 heteroatoms. The minimum atomic E-state index is -0.751. The first-order valence-electron chi connectivity index (χ1n) is 12.6. The van der Waals surface area contributed by atoms with E-state index < -0.39 is 24.2 Å². The summed E-state index contributed by atoms with van der Waals surface area (Å²) in [6.45, 7) is 9.12. The molecule has 3 atom stereocenters. The minimum Gasteiger partial charge on any atom is -0.440 e. The van der Waals surface area contributed by atoms with Crippen LogP contribution in [-0.2, 0) is 14.3 Å². The lowest BCUT2D eigenvalue weighted by atomic mass is 10.0. The maximum atomic E-state index is 14.1. The monoisotopic (exact) mass is 530 g/mol. The van der Waals surface area contributed by atoms with Gasteiger partial charge in [0.2, 0.25) is 11.9 Å². The van der Waals surface area contributed by atoms with E-state index >= 15 is 0 Å². The minimum absolute atomic E-state index is 0.0349. The summed E-state index contributed by atoms with van der Waals surface area (Å²) in [6.07, 6.45) is 9.33. The molecule has 4 aromatic heterocycles. The Balaban J connectivity index is 1.80. The number of nitrogens with zero attached hydrogens (tertiary/aromatic N) is 5. The summed E-state index contributed by atoms with van der Waals surface area (Å²) in [4.78, 5) is 38.9. The lowest BCUT2D eigenvalue weighted by molar-refractivity contribution is -0.155. The molecular formula is C29H31FN6O3. The molecule has 0 aliphatic rings. The van der Waals surface area contributed by atoms with Gasteiger partial charge in [-0.3, -0.25) is 19.1 Å². The second-order valence-corrected chi connectivity index (χ2v) is 9.39. The lowest BCUT2D eigenvalue weighted by Gasteiger charge is -2.21. The molecule has 0 aliphatic carbocycles. The van der Waals surface area contributed by atoms with Gasteiger partial charge < -0.3 is 15.4 Å². The number of carbonyl (C=O) groups is 2. The van der Waals surface area contributed by atoms with E-state index in [9.17, 15) is 14.0 Å². The Bertz CT molecular complexity index is 1530. The molecule has 0 aliphatic heterocycles. The summed E-state index contributed by atoms with van der Waals surface area (Å²) in [7, 11) is 1.64. The summed E-state index contributed by atoms with van der Waals surface area (Å²) < 4.78 is 21.5. The lowest BCUT2D eigenvalue weighted by Crippen LogP contribution is -2.38. The van der Waals surface area contributed by atoms with Gasteiger partial charge in [0.15, 0.2) is 6.23 Å². The van der Waals surface area contributed by atoms with Crippen molar-refractivity contribution in [3.8, 4) is 22.3 Å². The Kier molecular flexibility index (Phi) is 8.15. The Morgan fingerprint density at radius 2 is 1.90 bits per heavy atom. The maximum absolute atomic E-state index is 14.1. The van der Waals surface area contributed by atoms with Crippen LogP contribution in [0.4, 0.5) is 10.1 Å². The first-order valence-corrected chi connectivity index (χ1v) is 12.6. The van der Waals surface area contributed by atoms with Crippen LogP contribution in [0, 0.1) is 11.9 Å². The van der Waals surface area contributed by atoms with Crippen molar-refractivity contribution in [3.05, 3.63) is 73.9 Å². The quantitative estimate of drug-likeness (QED) is 0.186. The van der Waals surface area contributed by atoms with Gasteiger partial charge >= 0.3 is 5.97 Å². The molecule has 0 saturated carbocycles. The van der Waals surface area contributed by atoms with Crippen LogP contribution in [0.5, 0.6) is 0 Å². The molecule has 1 amide bonds. The van der Waals surface area contributed by atoms with E-state index in [1.54, 1.807) is 49.4 Å². The highest BCUT2D eigenvalue weighted by molar-refractivity contribution is 6.01. The number of pyridine rings is 3. The Morgan fingerprint density at radius 1 is 1.15 bits per heavy atom. The number of ether oxygens (including phenoxy) is 1. The highest BCUT2D eigenvalue weighted by Crippen LogP contribution is 2.35. The van der Waals surface area contributed by atoms with Gasteiger partial charge in [-0.15, -0.1) is 0 Å². The van der Waals surface area contributed by atoms with Crippen molar-refractivity contribution in [1.82, 2.24) is 19.5 Å². The molecule has 0 bridgehead atoms. The predicted octanol–water partition coefficient (Wildman–Crippen LogP) is 4.88. The van der Waals surface area contributed by atoms with Gasteiger partial charge in [-0.05, 0) is 42.7 Å². The molecule has 0 saturated heterocycles. The Hall–Kier alpha value is -4.44. The molecule has 2 N–H and O–H groups in total. The number of anilines is 1. The third kappa shape index (κ3) is 5.70. The second kappa shape index (κ2) is 11.5. The molecule has 202 valence electrons. The van der Waals surface area contributed by atoms with Crippen LogP contribution in [0.3, 0.4) is 0 Å². The van der Waals surface area contributed by atoms with Gasteiger partial charge in [0, 0.05) is 60.0 Å². The van der Waals surface area contributed by atoms with E-state index in [2.05, 4.69) is 21.5 Å². The number of esters is 1. The topological polar surface area (TPSA) is 116 Å². The number of likely N-dealkylation sites (N-methyl/N-ethyl adjacent to an activating group) is 1. The fraction of sp³-hybridized carbons (Fsp3) is 0.276. The van der Waals surface area contributed by atoms with Crippen molar-refractivity contribution in [3.63, 3.8) is 0 Å². The SMILES string of the molecule is C=CC(=O)N(C)c1cncc(-c2cnc3c(c2)c(-c2ccnc(F)c2)cn3[C@H](C)OC(=O)C(N)C(C)CC)c1. The number of nitrogens with two attached hydrogens (primary N) is 1. The number of carbonyl (C=O) groups excluding carboxylic acids is 2. The van der Waals surface area contributed by atoms with Gasteiger partial charge in [0.25, 0.3) is 0 Å². The largest absolute Gasteiger partial charge is 0.440 e. The molecule has 0 fully saturated rings. The molecular weight excluding hydrogens is 499 g/mol. The second-order valence-electron chi connectivity index (χ2n) is 9.39. The highest BCUT2D eigenvalue weighted by Gasteiger charge is 2.25. The summed E-state index contributed by atoms with van der Waals surface area (Å²) in [6, 6.07) is 6.00. The Labute approximate surface area is 226 Å². The number of amides is 1. The number of hydrogen-bond donors (Lipinski definition) is 1. The number of rotatable bonds is 9. The number of hydrogen-bond acceptors (Lipinski definition) is 7. The first kappa shape index (κ1) is 27.6. The summed E-state index contributed by atoms with van der Waals surface area (Å²) in [5.74, 6) is -1.43. The van der Waals surface area contributed by atoms with E-state index in [1.165, 1.54) is 23.2 Å². The summed E-state index contributed by atoms with van der Waals surface area (Å²) in [5.41, 5.74) is 9.93. The third-order valence-electron chi connectivity index (χ3n) is 6.86. The van der Waals surface area contributed by atoms with E-state index in [0.29, 0.717) is 27.8 Å². The van der Waals surface area contributed by atoms with Crippen molar-refractivity contribution in [2.75, 3.05) is 11.9 Å². The van der Waals surface area contributed by atoms with Crippen LogP contribution in [0.25, 0.3) is 33.3 Å². The fourth-order valence-corrected chi connectivity index (χ4v) is 4.19. The van der Waals surface area contributed by atoms with Gasteiger partial charge in [-0.1, -0.05) is 26.8 Å². The van der Waals surface area contributed by atoms with Gasteiger partial charge in [-0.25, -0.2) is 9.97 Å². The fourth-order valence-electron chi connectivity index (χ4n) is 4.19. The predicted molar refractivity (Wildman–Crippen MR) is 148 cm³/mol. The first-order chi connectivity index (χ1) is 18.6. The highest BCUT2D eigenvalue weighted by atomic mass is 19.1. The van der Waals surface area contributed by atoms with Crippen LogP contribution in [0.15, 0.2) is 67.9 Å². The molecule has 0 aromatic carbocycles. The van der Waals surface area contributed by atoms with Crippen molar-refractivity contribution >= 4 is 28.6 Å². The number of aromatic nitrogens is 4. The standard InChI is InChI=1S/C29H31FN6O3/c1-6-17(3)27(31)29(38)39-18(4)36-16-24(19-8-9-33-25(30)12-19)23-11-21(14-34-28(23)36)20-10-22(15-32-13-20)35(5)26(37)7-2/h7-18,27H,2,6,31H2,1,3-5H3/t17?,18-,27?/m0/s1. The summed E-state index contributed by atoms with van der Waals surface area (Å²) in [5, 5.41) is 0.702. The zero-order valence-electron chi connectivity index (χ0n) is 22.3. The molecule has 2 unspecified atom stereocenters. The van der Waals surface area contributed by atoms with Gasteiger partial charge in [-0.2, -0.15) is 4.39 Å². The molecule has 4 rings (SSSR count).